The van der Waals surface area contributed by atoms with E-state index in [1.807, 2.05) is 0 Å². The van der Waals surface area contributed by atoms with E-state index in [1.165, 1.54) is 0 Å². The van der Waals surface area contributed by atoms with Crippen molar-refractivity contribution in [2.24, 2.45) is 0 Å². The number of ether oxygens (including phenoxy) is 2. The molecule has 0 aromatic carbocycles. The first-order chi connectivity index (χ1) is 5.46. The van der Waals surface area contributed by atoms with Crippen LogP contribution in [0.4, 0.5) is 0 Å². The largest absolute Gasteiger partial charge is 0.479 e. The van der Waals surface area contributed by atoms with Crippen LogP contribution in [0, 0.1) is 0 Å². The van der Waals surface area contributed by atoms with Gasteiger partial charge in [0.25, 0.3) is 0 Å². The van der Waals surface area contributed by atoms with Crippen LogP contribution in [0.25, 0.3) is 0 Å². The second-order valence-electron chi connectivity index (χ2n) is 2.98. The summed E-state index contributed by atoms with van der Waals surface area (Å²) in [5.41, 5.74) is 0.672. The van der Waals surface area contributed by atoms with Gasteiger partial charge in [-0.05, 0) is 19.4 Å². The molecule has 0 spiro atoms. The van der Waals surface area contributed by atoms with Crippen LogP contribution < -0.4 is 0 Å². The van der Waals surface area contributed by atoms with Crippen LogP contribution in [0.2, 0.25) is 0 Å². The molecular weight excluding hydrogens is 160 g/mol. The molecule has 0 aromatic heterocycles. The molecular formula is C8H12O4. The van der Waals surface area contributed by atoms with Crippen LogP contribution >= 0.6 is 0 Å². The van der Waals surface area contributed by atoms with E-state index < -0.39 is 17.9 Å². The quantitative estimate of drug-likeness (QED) is 0.625. The lowest BCUT2D eigenvalue weighted by atomic mass is 10.2. The Morgan fingerprint density at radius 2 is 2.33 bits per heavy atom. The van der Waals surface area contributed by atoms with Gasteiger partial charge in [0.15, 0.2) is 11.9 Å². The van der Waals surface area contributed by atoms with E-state index in [-0.39, 0.29) is 6.61 Å². The molecule has 1 heterocycles. The molecule has 0 amide bonds. The summed E-state index contributed by atoms with van der Waals surface area (Å²) < 4.78 is 10.3. The summed E-state index contributed by atoms with van der Waals surface area (Å²) in [5.74, 6) is -1.93. The molecule has 0 radical (unpaired) electrons. The van der Waals surface area contributed by atoms with Gasteiger partial charge in [-0.1, -0.05) is 6.58 Å². The second-order valence-corrected chi connectivity index (χ2v) is 2.98. The Kier molecular flexibility index (Phi) is 2.21. The lowest BCUT2D eigenvalue weighted by molar-refractivity contribution is -0.159. The van der Waals surface area contributed by atoms with Crippen LogP contribution in [0.3, 0.4) is 0 Å². The highest BCUT2D eigenvalue weighted by atomic mass is 16.7. The molecule has 4 heteroatoms. The molecule has 1 rings (SSSR count). The van der Waals surface area contributed by atoms with Crippen molar-refractivity contribution in [3.8, 4) is 0 Å². The molecule has 1 N–H and O–H groups in total. The minimum atomic E-state index is -1.00. The lowest BCUT2D eigenvalue weighted by Crippen LogP contribution is -2.30. The van der Waals surface area contributed by atoms with Crippen molar-refractivity contribution in [1.29, 1.82) is 0 Å². The Labute approximate surface area is 70.8 Å². The number of carbonyl (C=O) groups is 1. The highest BCUT2D eigenvalue weighted by molar-refractivity contribution is 5.72. The van der Waals surface area contributed by atoms with Gasteiger partial charge in [0, 0.05) is 0 Å². The molecule has 2 unspecified atom stereocenters. The molecule has 4 nitrogen and oxygen atoms in total. The number of hydrogen-bond donors (Lipinski definition) is 1. The highest BCUT2D eigenvalue weighted by Gasteiger charge is 2.41. The molecule has 0 saturated carbocycles. The summed E-state index contributed by atoms with van der Waals surface area (Å²) in [4.78, 5) is 10.5. The Morgan fingerprint density at radius 3 is 2.58 bits per heavy atom. The summed E-state index contributed by atoms with van der Waals surface area (Å²) in [6.45, 7) is 7.15. The maximum absolute atomic E-state index is 10.5. The molecule has 0 bridgehead atoms. The number of aliphatic carboxylic acids is 1. The van der Waals surface area contributed by atoms with Crippen LogP contribution in [-0.4, -0.2) is 29.6 Å². The molecule has 1 fully saturated rings. The highest BCUT2D eigenvalue weighted by Crippen LogP contribution is 2.29. The fraction of sp³-hybridized carbons (Fsp3) is 0.625. The van der Waals surface area contributed by atoms with E-state index in [0.717, 1.165) is 0 Å². The van der Waals surface area contributed by atoms with Crippen LogP contribution in [0.15, 0.2) is 12.2 Å². The molecule has 12 heavy (non-hydrogen) atoms. The van der Waals surface area contributed by atoms with Crippen molar-refractivity contribution < 1.29 is 19.4 Å². The molecule has 1 aliphatic heterocycles. The number of hydrogen-bond acceptors (Lipinski definition) is 3. The third-order valence-electron chi connectivity index (χ3n) is 1.93. The van der Waals surface area contributed by atoms with Crippen molar-refractivity contribution in [3.63, 3.8) is 0 Å². The summed E-state index contributed by atoms with van der Waals surface area (Å²) in [6, 6.07) is 0. The molecule has 1 aliphatic rings. The van der Waals surface area contributed by atoms with Gasteiger partial charge in [-0.25, -0.2) is 4.79 Å². The SMILES string of the molecule is C=C(C)C1(C)OCC(C(=O)O)O1. The second kappa shape index (κ2) is 2.88. The standard InChI is InChI=1S/C8H12O4/c1-5(2)8(3)11-4-6(12-8)7(9)10/h6H,1,4H2,2-3H3,(H,9,10). The zero-order chi connectivity index (χ0) is 9.35. The fourth-order valence-corrected chi connectivity index (χ4v) is 0.920. The van der Waals surface area contributed by atoms with E-state index in [0.29, 0.717) is 5.57 Å². The molecule has 1 saturated heterocycles. The molecule has 0 aliphatic carbocycles. The zero-order valence-corrected chi connectivity index (χ0v) is 7.16. The van der Waals surface area contributed by atoms with Gasteiger partial charge in [0.1, 0.15) is 0 Å². The Morgan fingerprint density at radius 1 is 1.75 bits per heavy atom. The lowest BCUT2D eigenvalue weighted by Gasteiger charge is -2.22. The monoisotopic (exact) mass is 172 g/mol. The molecule has 68 valence electrons. The smallest absolute Gasteiger partial charge is 0.335 e. The zero-order valence-electron chi connectivity index (χ0n) is 7.16. The van der Waals surface area contributed by atoms with Crippen LogP contribution in [0.1, 0.15) is 13.8 Å². The molecule has 2 atom stereocenters. The third-order valence-corrected chi connectivity index (χ3v) is 1.93. The average Bonchev–Trinajstić information content (AvgIpc) is 2.33. The third kappa shape index (κ3) is 1.49. The first kappa shape index (κ1) is 9.22. The van der Waals surface area contributed by atoms with Crippen molar-refractivity contribution in [1.82, 2.24) is 0 Å². The number of carboxylic acids is 1. The molecule has 0 aromatic rings. The Bertz CT molecular complexity index is 223. The topological polar surface area (TPSA) is 55.8 Å². The minimum absolute atomic E-state index is 0.0820. The van der Waals surface area contributed by atoms with E-state index in [4.69, 9.17) is 14.6 Å². The number of carboxylic acid groups (broad SMARTS) is 1. The van der Waals surface area contributed by atoms with Crippen LogP contribution in [0.5, 0.6) is 0 Å². The van der Waals surface area contributed by atoms with Gasteiger partial charge in [-0.15, -0.1) is 0 Å². The first-order valence-electron chi connectivity index (χ1n) is 3.66. The normalized spacial score (nSPS) is 35.0. The fourth-order valence-electron chi connectivity index (χ4n) is 0.920. The van der Waals surface area contributed by atoms with E-state index >= 15 is 0 Å². The summed E-state index contributed by atoms with van der Waals surface area (Å²) in [5, 5.41) is 8.59. The van der Waals surface area contributed by atoms with Crippen molar-refractivity contribution in [2.45, 2.75) is 25.7 Å². The van der Waals surface area contributed by atoms with Crippen molar-refractivity contribution >= 4 is 5.97 Å². The van der Waals surface area contributed by atoms with Gasteiger partial charge in [-0.2, -0.15) is 0 Å². The van der Waals surface area contributed by atoms with E-state index in [2.05, 4.69) is 6.58 Å². The summed E-state index contributed by atoms with van der Waals surface area (Å²) in [7, 11) is 0. The van der Waals surface area contributed by atoms with Gasteiger partial charge in [-0.3, -0.25) is 0 Å². The van der Waals surface area contributed by atoms with Gasteiger partial charge >= 0.3 is 5.97 Å². The summed E-state index contributed by atoms with van der Waals surface area (Å²) in [6.07, 6.45) is -0.869. The Balaban J connectivity index is 2.67. The maximum Gasteiger partial charge on any atom is 0.335 e. The first-order valence-corrected chi connectivity index (χ1v) is 3.66. The predicted molar refractivity (Wildman–Crippen MR) is 41.7 cm³/mol. The minimum Gasteiger partial charge on any atom is -0.479 e. The van der Waals surface area contributed by atoms with Gasteiger partial charge < -0.3 is 14.6 Å². The van der Waals surface area contributed by atoms with E-state index in [1.54, 1.807) is 13.8 Å². The van der Waals surface area contributed by atoms with Gasteiger partial charge in [0.05, 0.1) is 6.61 Å². The van der Waals surface area contributed by atoms with Crippen molar-refractivity contribution in [3.05, 3.63) is 12.2 Å². The van der Waals surface area contributed by atoms with Crippen LogP contribution in [-0.2, 0) is 14.3 Å². The summed E-state index contributed by atoms with van der Waals surface area (Å²) >= 11 is 0. The average molecular weight is 172 g/mol. The van der Waals surface area contributed by atoms with Gasteiger partial charge in [0.2, 0.25) is 0 Å². The number of rotatable bonds is 2. The van der Waals surface area contributed by atoms with Crippen molar-refractivity contribution in [2.75, 3.05) is 6.61 Å². The maximum atomic E-state index is 10.5. The Hall–Kier alpha value is -0.870. The predicted octanol–water partition coefficient (Wildman–Crippen LogP) is 0.779. The van der Waals surface area contributed by atoms with E-state index in [9.17, 15) is 4.79 Å².